The molecule has 0 saturated heterocycles. The number of thioether (sulfide) groups is 1. The smallest absolute Gasteiger partial charge is 0.209 e. The predicted molar refractivity (Wildman–Crippen MR) is 74.4 cm³/mol. The molecule has 1 aromatic heterocycles. The highest BCUT2D eigenvalue weighted by atomic mass is 32.2. The molecule has 2 aromatic rings. The molecular weight excluding hydrogens is 278 g/mol. The van der Waals surface area contributed by atoms with Crippen LogP contribution in [-0.4, -0.2) is 48.4 Å². The molecule has 7 nitrogen and oxygen atoms in total. The molecule has 1 aliphatic rings. The lowest BCUT2D eigenvalue weighted by Gasteiger charge is -2.17. The van der Waals surface area contributed by atoms with Gasteiger partial charge in [-0.1, -0.05) is 11.8 Å². The normalized spacial score (nSPS) is 13.9. The minimum absolute atomic E-state index is 0.0878. The summed E-state index contributed by atoms with van der Waals surface area (Å²) in [5.74, 6) is 0.407. The summed E-state index contributed by atoms with van der Waals surface area (Å²) in [6.45, 7) is 0.685. The van der Waals surface area contributed by atoms with Crippen LogP contribution in [0.25, 0.3) is 0 Å². The van der Waals surface area contributed by atoms with Gasteiger partial charge < -0.3 is 10.2 Å². The first kappa shape index (κ1) is 12.9. The molecule has 0 fully saturated rings. The number of phenols is 2. The molecule has 20 heavy (non-hydrogen) atoms. The lowest BCUT2D eigenvalue weighted by molar-refractivity contribution is 0.403. The van der Waals surface area contributed by atoms with Gasteiger partial charge >= 0.3 is 0 Å². The van der Waals surface area contributed by atoms with Crippen LogP contribution in [0.15, 0.2) is 22.3 Å². The minimum Gasteiger partial charge on any atom is -0.504 e. The first-order valence-electron chi connectivity index (χ1n) is 6.09. The molecule has 0 saturated carbocycles. The molecule has 104 valence electrons. The van der Waals surface area contributed by atoms with Crippen LogP contribution in [0.3, 0.4) is 0 Å². The average Bonchev–Trinajstić information content (AvgIpc) is 2.83. The largest absolute Gasteiger partial charge is 0.504 e. The number of rotatable bonds is 3. The third kappa shape index (κ3) is 2.34. The summed E-state index contributed by atoms with van der Waals surface area (Å²) in [7, 11) is 1.78. The SMILES string of the molecule is Cn1nnnc1SCC1=NCCc2cc(O)c(O)cc21. The Morgan fingerprint density at radius 1 is 1.30 bits per heavy atom. The Hall–Kier alpha value is -2.09. The number of hydrogen-bond donors (Lipinski definition) is 2. The Balaban J connectivity index is 1.84. The number of aromatic nitrogens is 4. The van der Waals surface area contributed by atoms with Crippen LogP contribution in [0.5, 0.6) is 11.5 Å². The van der Waals surface area contributed by atoms with Gasteiger partial charge in [0.25, 0.3) is 0 Å². The molecule has 0 radical (unpaired) electrons. The Bertz CT molecular complexity index is 682. The van der Waals surface area contributed by atoms with Crippen molar-refractivity contribution in [3.63, 3.8) is 0 Å². The first-order chi connectivity index (χ1) is 9.65. The van der Waals surface area contributed by atoms with Gasteiger partial charge in [0, 0.05) is 24.9 Å². The predicted octanol–water partition coefficient (Wildman–Crippen LogP) is 0.759. The molecule has 1 aliphatic heterocycles. The van der Waals surface area contributed by atoms with Crippen molar-refractivity contribution in [3.8, 4) is 11.5 Å². The highest BCUT2D eigenvalue weighted by Gasteiger charge is 2.18. The summed E-state index contributed by atoms with van der Waals surface area (Å²) >= 11 is 1.49. The minimum atomic E-state index is -0.122. The van der Waals surface area contributed by atoms with Gasteiger partial charge in [0.05, 0.1) is 5.71 Å². The van der Waals surface area contributed by atoms with Gasteiger partial charge in [0.2, 0.25) is 5.16 Å². The van der Waals surface area contributed by atoms with E-state index in [0.717, 1.165) is 23.3 Å². The number of benzene rings is 1. The van der Waals surface area contributed by atoms with Crippen molar-refractivity contribution in [1.29, 1.82) is 0 Å². The summed E-state index contributed by atoms with van der Waals surface area (Å²) in [5.41, 5.74) is 2.77. The van der Waals surface area contributed by atoms with Crippen LogP contribution in [0.2, 0.25) is 0 Å². The van der Waals surface area contributed by atoms with Crippen molar-refractivity contribution >= 4 is 17.5 Å². The zero-order valence-corrected chi connectivity index (χ0v) is 11.6. The number of phenolic OH excluding ortho intramolecular Hbond substituents is 2. The third-order valence-electron chi connectivity index (χ3n) is 3.11. The van der Waals surface area contributed by atoms with E-state index in [9.17, 15) is 10.2 Å². The second-order valence-corrected chi connectivity index (χ2v) is 5.39. The van der Waals surface area contributed by atoms with Gasteiger partial charge in [-0.15, -0.1) is 5.10 Å². The highest BCUT2D eigenvalue weighted by molar-refractivity contribution is 7.99. The molecule has 0 bridgehead atoms. The van der Waals surface area contributed by atoms with Crippen LogP contribution in [-0.2, 0) is 13.5 Å². The van der Waals surface area contributed by atoms with Crippen LogP contribution < -0.4 is 0 Å². The van der Waals surface area contributed by atoms with Crippen molar-refractivity contribution in [1.82, 2.24) is 20.2 Å². The number of aliphatic imine (C=N–C) groups is 1. The van der Waals surface area contributed by atoms with Crippen molar-refractivity contribution in [2.45, 2.75) is 11.6 Å². The molecule has 2 heterocycles. The molecule has 0 unspecified atom stereocenters. The number of nitrogens with zero attached hydrogens (tertiary/aromatic N) is 5. The van der Waals surface area contributed by atoms with E-state index < -0.39 is 0 Å². The van der Waals surface area contributed by atoms with Crippen molar-refractivity contribution in [3.05, 3.63) is 23.3 Å². The quantitative estimate of drug-likeness (QED) is 0.640. The molecule has 3 rings (SSSR count). The van der Waals surface area contributed by atoms with Crippen LogP contribution in [0.4, 0.5) is 0 Å². The van der Waals surface area contributed by atoms with E-state index in [1.165, 1.54) is 11.8 Å². The molecule has 8 heteroatoms. The lowest BCUT2D eigenvalue weighted by atomic mass is 9.97. The highest BCUT2D eigenvalue weighted by Crippen LogP contribution is 2.31. The number of hydrogen-bond acceptors (Lipinski definition) is 7. The number of aryl methyl sites for hydroxylation is 1. The lowest BCUT2D eigenvalue weighted by Crippen LogP contribution is -2.15. The van der Waals surface area contributed by atoms with E-state index in [1.54, 1.807) is 23.9 Å². The molecule has 0 atom stereocenters. The first-order valence-corrected chi connectivity index (χ1v) is 7.07. The second kappa shape index (κ2) is 5.12. The second-order valence-electron chi connectivity index (χ2n) is 4.45. The monoisotopic (exact) mass is 291 g/mol. The Kier molecular flexibility index (Phi) is 3.31. The number of tetrazole rings is 1. The molecule has 0 spiro atoms. The Labute approximate surface area is 119 Å². The molecule has 0 aliphatic carbocycles. The van der Waals surface area contributed by atoms with Gasteiger partial charge in [-0.25, -0.2) is 4.68 Å². The van der Waals surface area contributed by atoms with Gasteiger partial charge in [0.1, 0.15) is 0 Å². The standard InChI is InChI=1S/C12H13N5O2S/c1-17-12(14-15-16-17)20-6-9-8-5-11(19)10(18)4-7(8)2-3-13-9/h4-5,18-19H,2-3,6H2,1H3. The summed E-state index contributed by atoms with van der Waals surface area (Å²) < 4.78 is 1.60. The fraction of sp³-hybridized carbons (Fsp3) is 0.333. The maximum atomic E-state index is 9.64. The molecule has 1 aromatic carbocycles. The van der Waals surface area contributed by atoms with E-state index in [4.69, 9.17) is 0 Å². The van der Waals surface area contributed by atoms with Gasteiger partial charge in [-0.2, -0.15) is 0 Å². The van der Waals surface area contributed by atoms with Crippen LogP contribution >= 0.6 is 11.8 Å². The van der Waals surface area contributed by atoms with Gasteiger partial charge in [0.15, 0.2) is 11.5 Å². The summed E-state index contributed by atoms with van der Waals surface area (Å²) in [5, 5.41) is 31.2. The van der Waals surface area contributed by atoms with E-state index in [0.29, 0.717) is 17.5 Å². The van der Waals surface area contributed by atoms with E-state index in [-0.39, 0.29) is 11.5 Å². The van der Waals surface area contributed by atoms with E-state index >= 15 is 0 Å². The van der Waals surface area contributed by atoms with Crippen LogP contribution in [0, 0.1) is 0 Å². The summed E-state index contributed by atoms with van der Waals surface area (Å²) in [4.78, 5) is 4.50. The topological polar surface area (TPSA) is 96.4 Å². The van der Waals surface area contributed by atoms with Crippen molar-refractivity contribution in [2.75, 3.05) is 12.3 Å². The van der Waals surface area contributed by atoms with Gasteiger partial charge in [-0.3, -0.25) is 4.99 Å². The van der Waals surface area contributed by atoms with E-state index in [1.807, 2.05) is 0 Å². The molecule has 2 N–H and O–H groups in total. The Morgan fingerprint density at radius 3 is 2.85 bits per heavy atom. The number of fused-ring (bicyclic) bond motifs is 1. The Morgan fingerprint density at radius 2 is 2.10 bits per heavy atom. The fourth-order valence-electron chi connectivity index (χ4n) is 2.09. The molecular formula is C12H13N5O2S. The zero-order valence-electron chi connectivity index (χ0n) is 10.8. The maximum absolute atomic E-state index is 9.64. The maximum Gasteiger partial charge on any atom is 0.209 e. The third-order valence-corrected chi connectivity index (χ3v) is 4.14. The molecule has 0 amide bonds. The number of aromatic hydroxyl groups is 2. The average molecular weight is 291 g/mol. The van der Waals surface area contributed by atoms with Crippen LogP contribution in [0.1, 0.15) is 11.1 Å². The van der Waals surface area contributed by atoms with E-state index in [2.05, 4.69) is 20.5 Å². The fourth-order valence-corrected chi connectivity index (χ4v) is 2.92. The summed E-state index contributed by atoms with van der Waals surface area (Å²) in [6.07, 6.45) is 0.767. The van der Waals surface area contributed by atoms with Crippen molar-refractivity contribution in [2.24, 2.45) is 12.0 Å². The van der Waals surface area contributed by atoms with Crippen molar-refractivity contribution < 1.29 is 10.2 Å². The van der Waals surface area contributed by atoms with Gasteiger partial charge in [-0.05, 0) is 34.5 Å². The summed E-state index contributed by atoms with van der Waals surface area (Å²) in [6, 6.07) is 3.17. The zero-order chi connectivity index (χ0) is 14.1.